The SMILES string of the molecule is O=C(CC1CC=CCCCCC(=O)OCC2(CCCC2)NC1=O)NC(CO)Cc1ccccc1. The van der Waals surface area contributed by atoms with E-state index < -0.39 is 17.5 Å². The number of benzene rings is 1. The van der Waals surface area contributed by atoms with E-state index in [1.54, 1.807) is 0 Å². The van der Waals surface area contributed by atoms with E-state index in [1.807, 2.05) is 42.5 Å². The first-order valence-corrected chi connectivity index (χ1v) is 12.6. The van der Waals surface area contributed by atoms with Gasteiger partial charge in [0.05, 0.1) is 24.1 Å². The summed E-state index contributed by atoms with van der Waals surface area (Å²) in [6.45, 7) is 0.0157. The van der Waals surface area contributed by atoms with E-state index in [9.17, 15) is 19.5 Å². The van der Waals surface area contributed by atoms with E-state index >= 15 is 0 Å². The Labute approximate surface area is 202 Å². The molecule has 7 heteroatoms. The van der Waals surface area contributed by atoms with E-state index in [4.69, 9.17) is 4.74 Å². The molecule has 2 amide bonds. The summed E-state index contributed by atoms with van der Waals surface area (Å²) in [5.41, 5.74) is 0.481. The summed E-state index contributed by atoms with van der Waals surface area (Å²) in [6, 6.07) is 9.28. The highest BCUT2D eigenvalue weighted by Crippen LogP contribution is 2.31. The molecule has 0 aromatic heterocycles. The van der Waals surface area contributed by atoms with Crippen molar-refractivity contribution < 1.29 is 24.2 Å². The van der Waals surface area contributed by atoms with Gasteiger partial charge in [0.1, 0.15) is 6.61 Å². The van der Waals surface area contributed by atoms with Crippen LogP contribution in [-0.2, 0) is 25.5 Å². The van der Waals surface area contributed by atoms with Gasteiger partial charge in [-0.3, -0.25) is 14.4 Å². The van der Waals surface area contributed by atoms with Gasteiger partial charge < -0.3 is 20.5 Å². The molecule has 1 aromatic rings. The number of aliphatic hydroxyl groups is 1. The maximum atomic E-state index is 13.3. The van der Waals surface area contributed by atoms with Gasteiger partial charge in [0.15, 0.2) is 0 Å². The van der Waals surface area contributed by atoms with Crippen molar-refractivity contribution in [3.8, 4) is 0 Å². The minimum absolute atomic E-state index is 0.0390. The molecule has 7 nitrogen and oxygen atoms in total. The van der Waals surface area contributed by atoms with Crippen molar-refractivity contribution >= 4 is 17.8 Å². The third kappa shape index (κ3) is 8.28. The Kier molecular flexibility index (Phi) is 10.1. The molecule has 1 aromatic carbocycles. The van der Waals surface area contributed by atoms with Crippen molar-refractivity contribution in [1.82, 2.24) is 10.6 Å². The zero-order valence-corrected chi connectivity index (χ0v) is 20.0. The van der Waals surface area contributed by atoms with Crippen molar-refractivity contribution in [3.05, 3.63) is 48.0 Å². The number of hydrogen-bond donors (Lipinski definition) is 3. The second kappa shape index (κ2) is 13.3. The van der Waals surface area contributed by atoms with Crippen LogP contribution in [0.2, 0.25) is 0 Å². The van der Waals surface area contributed by atoms with Crippen molar-refractivity contribution in [2.45, 2.75) is 82.2 Å². The first-order valence-electron chi connectivity index (χ1n) is 12.6. The van der Waals surface area contributed by atoms with Crippen LogP contribution in [0, 0.1) is 5.92 Å². The van der Waals surface area contributed by atoms with Crippen LogP contribution in [0.4, 0.5) is 0 Å². The number of esters is 1. The van der Waals surface area contributed by atoms with Gasteiger partial charge in [0.2, 0.25) is 11.8 Å². The molecule has 34 heavy (non-hydrogen) atoms. The molecular weight excluding hydrogens is 432 g/mol. The van der Waals surface area contributed by atoms with E-state index in [0.717, 1.165) is 50.5 Å². The molecule has 0 bridgehead atoms. The molecule has 0 radical (unpaired) electrons. The Balaban J connectivity index is 1.66. The molecule has 1 heterocycles. The molecule has 1 fully saturated rings. The molecule has 2 atom stereocenters. The fraction of sp³-hybridized carbons (Fsp3) is 0.593. The van der Waals surface area contributed by atoms with Crippen molar-refractivity contribution in [1.29, 1.82) is 0 Å². The van der Waals surface area contributed by atoms with Crippen LogP contribution in [0.25, 0.3) is 0 Å². The predicted octanol–water partition coefficient (Wildman–Crippen LogP) is 3.21. The Morgan fingerprint density at radius 1 is 1.12 bits per heavy atom. The first kappa shape index (κ1) is 25.9. The topological polar surface area (TPSA) is 105 Å². The molecule has 3 N–H and O–H groups in total. The fourth-order valence-electron chi connectivity index (χ4n) is 4.77. The third-order valence-corrected chi connectivity index (χ3v) is 6.76. The number of aliphatic hydroxyl groups excluding tert-OH is 1. The lowest BCUT2D eigenvalue weighted by Crippen LogP contribution is -2.52. The Bertz CT molecular complexity index is 833. The number of cyclic esters (lactones) is 1. The van der Waals surface area contributed by atoms with Crippen LogP contribution in [0.1, 0.15) is 69.8 Å². The summed E-state index contributed by atoms with van der Waals surface area (Å²) in [4.78, 5) is 38.3. The highest BCUT2D eigenvalue weighted by Gasteiger charge is 2.38. The normalized spacial score (nSPS) is 22.4. The number of hydrogen-bond acceptors (Lipinski definition) is 5. The number of nitrogens with one attached hydrogen (secondary N) is 2. The van der Waals surface area contributed by atoms with Crippen molar-refractivity contribution in [2.24, 2.45) is 5.92 Å². The predicted molar refractivity (Wildman–Crippen MR) is 130 cm³/mol. The summed E-state index contributed by atoms with van der Waals surface area (Å²) in [5.74, 6) is -1.18. The summed E-state index contributed by atoms with van der Waals surface area (Å²) < 4.78 is 5.53. The van der Waals surface area contributed by atoms with Crippen molar-refractivity contribution in [3.63, 3.8) is 0 Å². The maximum absolute atomic E-state index is 13.3. The lowest BCUT2D eigenvalue weighted by molar-refractivity contribution is -0.147. The molecule has 0 saturated heterocycles. The van der Waals surface area contributed by atoms with Crippen LogP contribution < -0.4 is 10.6 Å². The lowest BCUT2D eigenvalue weighted by Gasteiger charge is -2.31. The van der Waals surface area contributed by atoms with Crippen LogP contribution in [0.3, 0.4) is 0 Å². The number of carbonyl (C=O) groups excluding carboxylic acids is 3. The van der Waals surface area contributed by atoms with E-state index in [2.05, 4.69) is 10.6 Å². The Morgan fingerprint density at radius 2 is 1.88 bits per heavy atom. The van der Waals surface area contributed by atoms with Crippen LogP contribution in [0.15, 0.2) is 42.5 Å². The Hall–Kier alpha value is -2.67. The van der Waals surface area contributed by atoms with Gasteiger partial charge in [0, 0.05) is 12.8 Å². The highest BCUT2D eigenvalue weighted by atomic mass is 16.5. The molecule has 1 spiro atoms. The van der Waals surface area contributed by atoms with E-state index in [1.165, 1.54) is 0 Å². The minimum atomic E-state index is -0.545. The standard InChI is InChI=1S/C27H38N2O5/c30-19-23(17-21-11-5-4-6-12-21)28-24(31)18-22-13-7-2-1-3-8-14-25(32)34-20-27(29-26(22)33)15-9-10-16-27/h2,4-7,11-12,22-23,30H,1,3,8-10,13-20H2,(H,28,31)(H,29,33). The average molecular weight is 471 g/mol. The van der Waals surface area contributed by atoms with Gasteiger partial charge in [-0.2, -0.15) is 0 Å². The molecule has 186 valence electrons. The monoisotopic (exact) mass is 470 g/mol. The van der Waals surface area contributed by atoms with Gasteiger partial charge >= 0.3 is 5.97 Å². The van der Waals surface area contributed by atoms with Crippen LogP contribution in [0.5, 0.6) is 0 Å². The molecule has 1 aliphatic heterocycles. The second-order valence-electron chi connectivity index (χ2n) is 9.63. The van der Waals surface area contributed by atoms with Gasteiger partial charge in [-0.15, -0.1) is 0 Å². The maximum Gasteiger partial charge on any atom is 0.305 e. The van der Waals surface area contributed by atoms with Gasteiger partial charge in [-0.05, 0) is 50.5 Å². The first-order chi connectivity index (χ1) is 16.5. The third-order valence-electron chi connectivity index (χ3n) is 6.76. The fourth-order valence-corrected chi connectivity index (χ4v) is 4.77. The number of amides is 2. The van der Waals surface area contributed by atoms with Crippen LogP contribution >= 0.6 is 0 Å². The zero-order valence-electron chi connectivity index (χ0n) is 20.0. The van der Waals surface area contributed by atoms with Crippen LogP contribution in [-0.4, -0.2) is 47.7 Å². The Morgan fingerprint density at radius 3 is 2.62 bits per heavy atom. The molecular formula is C27H38N2O5. The number of ether oxygens (including phenoxy) is 1. The minimum Gasteiger partial charge on any atom is -0.463 e. The number of allylic oxidation sites excluding steroid dienone is 2. The summed E-state index contributed by atoms with van der Waals surface area (Å²) in [7, 11) is 0. The van der Waals surface area contributed by atoms with Gasteiger partial charge in [0.25, 0.3) is 0 Å². The van der Waals surface area contributed by atoms with Gasteiger partial charge in [-0.1, -0.05) is 55.3 Å². The molecule has 1 saturated carbocycles. The molecule has 2 aliphatic rings. The highest BCUT2D eigenvalue weighted by molar-refractivity contribution is 5.86. The molecule has 3 rings (SSSR count). The van der Waals surface area contributed by atoms with Crippen molar-refractivity contribution in [2.75, 3.05) is 13.2 Å². The quantitative estimate of drug-likeness (QED) is 0.437. The van der Waals surface area contributed by atoms with E-state index in [0.29, 0.717) is 19.3 Å². The number of carbonyl (C=O) groups is 3. The van der Waals surface area contributed by atoms with E-state index in [-0.39, 0.29) is 37.4 Å². The average Bonchev–Trinajstić information content (AvgIpc) is 3.29. The largest absolute Gasteiger partial charge is 0.463 e. The zero-order chi connectivity index (χ0) is 24.2. The summed E-state index contributed by atoms with van der Waals surface area (Å²) >= 11 is 0. The summed E-state index contributed by atoms with van der Waals surface area (Å²) in [5, 5.41) is 15.8. The summed E-state index contributed by atoms with van der Waals surface area (Å²) in [6.07, 6.45) is 11.4. The molecule has 2 unspecified atom stereocenters. The smallest absolute Gasteiger partial charge is 0.305 e. The van der Waals surface area contributed by atoms with Gasteiger partial charge in [-0.25, -0.2) is 0 Å². The molecule has 1 aliphatic carbocycles. The second-order valence-corrected chi connectivity index (χ2v) is 9.63. The number of rotatable bonds is 6. The lowest BCUT2D eigenvalue weighted by atomic mass is 9.93.